The highest BCUT2D eigenvalue weighted by molar-refractivity contribution is 5.95. The number of nitrogens with zero attached hydrogens (tertiary/aromatic N) is 2. The maximum atomic E-state index is 13.1. The largest absolute Gasteiger partial charge is 0.486 e. The molecule has 29 heavy (non-hydrogen) atoms. The Bertz CT molecular complexity index is 1080. The Hall–Kier alpha value is -3.28. The average molecular weight is 389 g/mol. The van der Waals surface area contributed by atoms with Gasteiger partial charge in [-0.3, -0.25) is 9.78 Å². The second-order valence-electron chi connectivity index (χ2n) is 7.60. The molecule has 2 N–H and O–H groups in total. The Labute approximate surface area is 169 Å². The normalized spacial score (nSPS) is 18.6. The van der Waals surface area contributed by atoms with Crippen LogP contribution in [0.15, 0.2) is 48.5 Å². The summed E-state index contributed by atoms with van der Waals surface area (Å²) >= 11 is 0. The molecule has 1 aromatic heterocycles. The number of nitrogens with two attached hydrogens (primary N) is 1. The molecule has 3 heterocycles. The standard InChI is InChI=1S/C23H23N3O3/c24-18-12-15-4-1-2-6-19(15)25-22(18)17-5-3-9-26(14-17)23(27)16-7-8-20-21(13-16)29-11-10-28-20/h1-2,4,6-8,12-13,17H,3,5,9-11,14,24H2/t17-/m0/s1. The number of pyridine rings is 1. The molecule has 148 valence electrons. The third-order valence-corrected chi connectivity index (χ3v) is 5.67. The third-order valence-electron chi connectivity index (χ3n) is 5.67. The van der Waals surface area contributed by atoms with Gasteiger partial charge < -0.3 is 20.1 Å². The van der Waals surface area contributed by atoms with Crippen LogP contribution >= 0.6 is 0 Å². The van der Waals surface area contributed by atoms with Gasteiger partial charge in [0.1, 0.15) is 13.2 Å². The predicted octanol–water partition coefficient (Wildman–Crippen LogP) is 3.61. The molecule has 2 aliphatic heterocycles. The Kier molecular flexibility index (Phi) is 4.46. The van der Waals surface area contributed by atoms with Crippen molar-refractivity contribution in [2.75, 3.05) is 32.0 Å². The van der Waals surface area contributed by atoms with Gasteiger partial charge in [-0.05, 0) is 43.2 Å². The first-order valence-corrected chi connectivity index (χ1v) is 10.0. The fourth-order valence-electron chi connectivity index (χ4n) is 4.22. The number of hydrogen-bond acceptors (Lipinski definition) is 5. The van der Waals surface area contributed by atoms with Crippen LogP contribution in [0.25, 0.3) is 10.9 Å². The molecule has 0 spiro atoms. The number of ether oxygens (including phenoxy) is 2. The number of benzene rings is 2. The molecule has 6 nitrogen and oxygen atoms in total. The molecular weight excluding hydrogens is 366 g/mol. The van der Waals surface area contributed by atoms with Gasteiger partial charge in [-0.15, -0.1) is 0 Å². The van der Waals surface area contributed by atoms with Crippen molar-refractivity contribution < 1.29 is 14.3 Å². The van der Waals surface area contributed by atoms with E-state index in [1.165, 1.54) is 0 Å². The smallest absolute Gasteiger partial charge is 0.254 e. The zero-order valence-electron chi connectivity index (χ0n) is 16.1. The highest BCUT2D eigenvalue weighted by Crippen LogP contribution is 2.34. The van der Waals surface area contributed by atoms with E-state index < -0.39 is 0 Å². The van der Waals surface area contributed by atoms with E-state index in [2.05, 4.69) is 0 Å². The lowest BCUT2D eigenvalue weighted by molar-refractivity contribution is 0.0705. The average Bonchev–Trinajstić information content (AvgIpc) is 2.78. The summed E-state index contributed by atoms with van der Waals surface area (Å²) in [6.07, 6.45) is 1.90. The Morgan fingerprint density at radius 2 is 1.90 bits per heavy atom. The van der Waals surface area contributed by atoms with Gasteiger partial charge >= 0.3 is 0 Å². The maximum absolute atomic E-state index is 13.1. The first-order valence-electron chi connectivity index (χ1n) is 10.0. The second-order valence-corrected chi connectivity index (χ2v) is 7.60. The van der Waals surface area contributed by atoms with Crippen LogP contribution in [0.1, 0.15) is 34.8 Å². The molecule has 6 heteroatoms. The molecule has 0 bridgehead atoms. The third kappa shape index (κ3) is 3.35. The van der Waals surface area contributed by atoms with Crippen molar-refractivity contribution in [3.05, 3.63) is 59.8 Å². The minimum Gasteiger partial charge on any atom is -0.486 e. The number of hydrogen-bond donors (Lipinski definition) is 1. The lowest BCUT2D eigenvalue weighted by Gasteiger charge is -2.33. The molecule has 3 aromatic rings. The van der Waals surface area contributed by atoms with E-state index in [9.17, 15) is 4.79 Å². The molecule has 0 saturated carbocycles. The van der Waals surface area contributed by atoms with E-state index in [-0.39, 0.29) is 11.8 Å². The SMILES string of the molecule is Nc1cc2ccccc2nc1[C@H]1CCCN(C(=O)c2ccc3c(c2)OCCO3)C1. The highest BCUT2D eigenvalue weighted by atomic mass is 16.6. The van der Waals surface area contributed by atoms with Gasteiger partial charge in [0.05, 0.1) is 16.9 Å². The van der Waals surface area contributed by atoms with E-state index in [0.29, 0.717) is 42.5 Å². The summed E-state index contributed by atoms with van der Waals surface area (Å²) in [5, 5.41) is 1.04. The maximum Gasteiger partial charge on any atom is 0.254 e. The molecular formula is C23H23N3O3. The van der Waals surface area contributed by atoms with Gasteiger partial charge in [0.2, 0.25) is 0 Å². The van der Waals surface area contributed by atoms with E-state index in [1.54, 1.807) is 6.07 Å². The first kappa shape index (κ1) is 17.8. The zero-order chi connectivity index (χ0) is 19.8. The van der Waals surface area contributed by atoms with Gasteiger partial charge in [0.15, 0.2) is 11.5 Å². The van der Waals surface area contributed by atoms with Crippen molar-refractivity contribution in [3.63, 3.8) is 0 Å². The highest BCUT2D eigenvalue weighted by Gasteiger charge is 2.28. The lowest BCUT2D eigenvalue weighted by Crippen LogP contribution is -2.39. The molecule has 0 aliphatic carbocycles. The number of piperidine rings is 1. The quantitative estimate of drug-likeness (QED) is 0.724. The fraction of sp³-hybridized carbons (Fsp3) is 0.304. The van der Waals surface area contributed by atoms with Crippen LogP contribution in [0, 0.1) is 0 Å². The molecule has 5 rings (SSSR count). The van der Waals surface area contributed by atoms with Crippen molar-refractivity contribution in [2.24, 2.45) is 0 Å². The molecule has 1 amide bonds. The predicted molar refractivity (Wildman–Crippen MR) is 111 cm³/mol. The topological polar surface area (TPSA) is 77.7 Å². The van der Waals surface area contributed by atoms with Gasteiger partial charge in [-0.1, -0.05) is 18.2 Å². The minimum atomic E-state index is 0.00559. The minimum absolute atomic E-state index is 0.00559. The molecule has 2 aliphatic rings. The van der Waals surface area contributed by atoms with Crippen LogP contribution < -0.4 is 15.2 Å². The van der Waals surface area contributed by atoms with Crippen LogP contribution in [-0.4, -0.2) is 42.1 Å². The summed E-state index contributed by atoms with van der Waals surface area (Å²) in [6.45, 7) is 2.39. The summed E-state index contributed by atoms with van der Waals surface area (Å²) in [6, 6.07) is 15.4. The monoisotopic (exact) mass is 389 g/mol. The number of fused-ring (bicyclic) bond motifs is 2. The van der Waals surface area contributed by atoms with E-state index in [0.717, 1.165) is 36.0 Å². The summed E-state index contributed by atoms with van der Waals surface area (Å²) < 4.78 is 11.2. The van der Waals surface area contributed by atoms with Crippen LogP contribution in [0.5, 0.6) is 11.5 Å². The van der Waals surface area contributed by atoms with Crippen LogP contribution in [0.2, 0.25) is 0 Å². The fourth-order valence-corrected chi connectivity index (χ4v) is 4.22. The number of aromatic nitrogens is 1. The van der Waals surface area contributed by atoms with Gasteiger partial charge in [-0.25, -0.2) is 0 Å². The van der Waals surface area contributed by atoms with Crippen molar-refractivity contribution >= 4 is 22.5 Å². The van der Waals surface area contributed by atoms with Crippen LogP contribution in [-0.2, 0) is 0 Å². The van der Waals surface area contributed by atoms with Gasteiger partial charge in [0.25, 0.3) is 5.91 Å². The number of nitrogen functional groups attached to an aromatic ring is 1. The lowest BCUT2D eigenvalue weighted by atomic mass is 9.92. The first-order chi connectivity index (χ1) is 14.2. The summed E-state index contributed by atoms with van der Waals surface area (Å²) in [5.41, 5.74) is 9.48. The Balaban J connectivity index is 1.39. The molecule has 0 unspecified atom stereocenters. The molecule has 1 fully saturated rings. The van der Waals surface area contributed by atoms with Crippen molar-refractivity contribution in [3.8, 4) is 11.5 Å². The Morgan fingerprint density at radius 3 is 2.79 bits per heavy atom. The van der Waals surface area contributed by atoms with Gasteiger partial charge in [-0.2, -0.15) is 0 Å². The van der Waals surface area contributed by atoms with Crippen LogP contribution in [0.3, 0.4) is 0 Å². The summed E-state index contributed by atoms with van der Waals surface area (Å²) in [5.74, 6) is 1.47. The molecule has 1 atom stereocenters. The number of para-hydroxylation sites is 1. The van der Waals surface area contributed by atoms with E-state index >= 15 is 0 Å². The van der Waals surface area contributed by atoms with Crippen LogP contribution in [0.4, 0.5) is 5.69 Å². The number of anilines is 1. The number of carbonyl (C=O) groups is 1. The van der Waals surface area contributed by atoms with E-state index in [1.807, 2.05) is 47.4 Å². The number of amides is 1. The van der Waals surface area contributed by atoms with Crippen molar-refractivity contribution in [1.29, 1.82) is 0 Å². The van der Waals surface area contributed by atoms with Crippen molar-refractivity contribution in [2.45, 2.75) is 18.8 Å². The van der Waals surface area contributed by atoms with Crippen molar-refractivity contribution in [1.82, 2.24) is 9.88 Å². The zero-order valence-corrected chi connectivity index (χ0v) is 16.1. The summed E-state index contributed by atoms with van der Waals surface area (Å²) in [7, 11) is 0. The van der Waals surface area contributed by atoms with E-state index in [4.69, 9.17) is 20.2 Å². The van der Waals surface area contributed by atoms with Gasteiger partial charge in [0, 0.05) is 30.0 Å². The second kappa shape index (κ2) is 7.28. The number of carbonyl (C=O) groups excluding carboxylic acids is 1. The molecule has 2 aromatic carbocycles. The number of rotatable bonds is 2. The molecule has 0 radical (unpaired) electrons. The summed E-state index contributed by atoms with van der Waals surface area (Å²) in [4.78, 5) is 19.9. The number of likely N-dealkylation sites (tertiary alicyclic amines) is 1. The molecule has 1 saturated heterocycles. The Morgan fingerprint density at radius 1 is 1.07 bits per heavy atom.